The molecular weight excluding hydrogens is 450 g/mol. The van der Waals surface area contributed by atoms with Crippen LogP contribution < -0.4 is 10.3 Å². The highest BCUT2D eigenvalue weighted by molar-refractivity contribution is 7.99. The van der Waals surface area contributed by atoms with E-state index in [0.717, 1.165) is 30.5 Å². The van der Waals surface area contributed by atoms with Gasteiger partial charge in [-0.25, -0.2) is 0 Å². The summed E-state index contributed by atoms with van der Waals surface area (Å²) in [5, 5.41) is 9.92. The van der Waals surface area contributed by atoms with Crippen molar-refractivity contribution >= 4 is 34.3 Å². The van der Waals surface area contributed by atoms with Gasteiger partial charge in [0.05, 0.1) is 30.3 Å². The second-order valence-electron chi connectivity index (χ2n) is 8.56. The SMILES string of the molecule is COc1ccccc1Cn1c(=O)c2ccccc2n2c(SCC(=O)N3CCCCC3C)nnc12. The number of methoxy groups -OCH3 is 1. The van der Waals surface area contributed by atoms with Crippen LogP contribution in [0.4, 0.5) is 0 Å². The number of carbonyl (C=O) groups excluding carboxylic acids is 1. The summed E-state index contributed by atoms with van der Waals surface area (Å²) in [5.41, 5.74) is 1.46. The minimum absolute atomic E-state index is 0.112. The van der Waals surface area contributed by atoms with Gasteiger partial charge in [-0.1, -0.05) is 42.1 Å². The van der Waals surface area contributed by atoms with Crippen LogP contribution in [0, 0.1) is 0 Å². The Balaban J connectivity index is 1.55. The Morgan fingerprint density at radius 1 is 1.12 bits per heavy atom. The molecular formula is C25H27N5O3S. The molecule has 0 saturated carbocycles. The topological polar surface area (TPSA) is 81.7 Å². The number of rotatable bonds is 6. The third kappa shape index (κ3) is 4.04. The first-order chi connectivity index (χ1) is 16.6. The van der Waals surface area contributed by atoms with E-state index in [1.54, 1.807) is 11.7 Å². The lowest BCUT2D eigenvalue weighted by Crippen LogP contribution is -2.42. The molecule has 9 heteroatoms. The first kappa shape index (κ1) is 22.5. The van der Waals surface area contributed by atoms with E-state index < -0.39 is 0 Å². The zero-order valence-electron chi connectivity index (χ0n) is 19.3. The molecule has 8 nitrogen and oxygen atoms in total. The number of hydrogen-bond donors (Lipinski definition) is 0. The second-order valence-corrected chi connectivity index (χ2v) is 9.50. The number of piperidine rings is 1. The lowest BCUT2D eigenvalue weighted by Gasteiger charge is -2.33. The maximum Gasteiger partial charge on any atom is 0.263 e. The largest absolute Gasteiger partial charge is 0.496 e. The normalized spacial score (nSPS) is 16.3. The third-order valence-corrected chi connectivity index (χ3v) is 7.36. The molecule has 0 spiro atoms. The van der Waals surface area contributed by atoms with Crippen molar-refractivity contribution in [3.63, 3.8) is 0 Å². The minimum atomic E-state index is -0.142. The summed E-state index contributed by atoms with van der Waals surface area (Å²) in [6.07, 6.45) is 3.27. The van der Waals surface area contributed by atoms with Crippen LogP contribution in [0.15, 0.2) is 58.5 Å². The number of nitrogens with zero attached hydrogens (tertiary/aromatic N) is 5. The zero-order chi connectivity index (χ0) is 23.7. The van der Waals surface area contributed by atoms with Crippen LogP contribution in [0.2, 0.25) is 0 Å². The van der Waals surface area contributed by atoms with E-state index in [4.69, 9.17) is 4.74 Å². The Morgan fingerprint density at radius 3 is 2.74 bits per heavy atom. The van der Waals surface area contributed by atoms with Gasteiger partial charge in [-0.3, -0.25) is 18.6 Å². The number of benzene rings is 2. The Bertz CT molecular complexity index is 1410. The highest BCUT2D eigenvalue weighted by Crippen LogP contribution is 2.25. The van der Waals surface area contributed by atoms with Crippen molar-refractivity contribution in [2.45, 2.75) is 43.9 Å². The quantitative estimate of drug-likeness (QED) is 0.395. The highest BCUT2D eigenvalue weighted by atomic mass is 32.2. The van der Waals surface area contributed by atoms with Gasteiger partial charge in [0.25, 0.3) is 5.56 Å². The number of aromatic nitrogens is 4. The predicted molar refractivity (Wildman–Crippen MR) is 133 cm³/mol. The smallest absolute Gasteiger partial charge is 0.263 e. The fraction of sp³-hybridized carbons (Fsp3) is 0.360. The van der Waals surface area contributed by atoms with Crippen LogP contribution in [0.1, 0.15) is 31.7 Å². The molecule has 1 amide bonds. The second kappa shape index (κ2) is 9.50. The predicted octanol–water partition coefficient (Wildman–Crippen LogP) is 3.59. The monoisotopic (exact) mass is 477 g/mol. The molecule has 1 aliphatic rings. The Labute approximate surface area is 201 Å². The molecule has 0 aliphatic carbocycles. The molecule has 1 aliphatic heterocycles. The molecule has 34 heavy (non-hydrogen) atoms. The fourth-order valence-corrected chi connectivity index (χ4v) is 5.48. The molecule has 176 valence electrons. The van der Waals surface area contributed by atoms with Gasteiger partial charge in [-0.15, -0.1) is 10.2 Å². The maximum atomic E-state index is 13.4. The molecule has 1 fully saturated rings. The average Bonchev–Trinajstić information content (AvgIpc) is 3.29. The van der Waals surface area contributed by atoms with Crippen molar-refractivity contribution in [1.29, 1.82) is 0 Å². The van der Waals surface area contributed by atoms with Crippen LogP contribution >= 0.6 is 11.8 Å². The van der Waals surface area contributed by atoms with Gasteiger partial charge >= 0.3 is 0 Å². The van der Waals surface area contributed by atoms with E-state index >= 15 is 0 Å². The van der Waals surface area contributed by atoms with E-state index in [-0.39, 0.29) is 23.3 Å². The van der Waals surface area contributed by atoms with Crippen molar-refractivity contribution in [1.82, 2.24) is 24.1 Å². The lowest BCUT2D eigenvalue weighted by molar-refractivity contribution is -0.131. The number of amides is 1. The van der Waals surface area contributed by atoms with E-state index in [1.165, 1.54) is 18.2 Å². The van der Waals surface area contributed by atoms with Gasteiger partial charge in [0, 0.05) is 18.2 Å². The number of likely N-dealkylation sites (tertiary alicyclic amines) is 1. The van der Waals surface area contributed by atoms with Gasteiger partial charge in [-0.05, 0) is 44.4 Å². The van der Waals surface area contributed by atoms with Crippen LogP contribution in [0.3, 0.4) is 0 Å². The molecule has 2 aromatic carbocycles. The first-order valence-electron chi connectivity index (χ1n) is 11.5. The molecule has 2 aromatic heterocycles. The number of carbonyl (C=O) groups is 1. The van der Waals surface area contributed by atoms with Crippen LogP contribution in [0.5, 0.6) is 5.75 Å². The van der Waals surface area contributed by atoms with Crippen molar-refractivity contribution in [2.24, 2.45) is 0 Å². The molecule has 4 aromatic rings. The minimum Gasteiger partial charge on any atom is -0.496 e. The summed E-state index contributed by atoms with van der Waals surface area (Å²) < 4.78 is 8.98. The van der Waals surface area contributed by atoms with Crippen LogP contribution in [-0.4, -0.2) is 55.4 Å². The van der Waals surface area contributed by atoms with E-state index in [2.05, 4.69) is 17.1 Å². The van der Waals surface area contributed by atoms with E-state index in [9.17, 15) is 9.59 Å². The number of fused-ring (bicyclic) bond motifs is 3. The summed E-state index contributed by atoms with van der Waals surface area (Å²) in [7, 11) is 1.61. The highest BCUT2D eigenvalue weighted by Gasteiger charge is 2.24. The molecule has 0 bridgehead atoms. The van der Waals surface area contributed by atoms with Crippen molar-refractivity contribution < 1.29 is 9.53 Å². The van der Waals surface area contributed by atoms with Gasteiger partial charge in [0.15, 0.2) is 5.16 Å². The molecule has 3 heterocycles. The van der Waals surface area contributed by atoms with Gasteiger partial charge in [0.1, 0.15) is 5.75 Å². The molecule has 1 unspecified atom stereocenters. The summed E-state index contributed by atoms with van der Waals surface area (Å²) in [4.78, 5) is 28.3. The molecule has 0 N–H and O–H groups in total. The van der Waals surface area contributed by atoms with Crippen LogP contribution in [0.25, 0.3) is 16.7 Å². The molecule has 1 saturated heterocycles. The summed E-state index contributed by atoms with van der Waals surface area (Å²) in [6, 6.07) is 15.3. The summed E-state index contributed by atoms with van der Waals surface area (Å²) in [5.74, 6) is 1.54. The molecule has 1 atom stereocenters. The first-order valence-corrected chi connectivity index (χ1v) is 12.5. The summed E-state index contributed by atoms with van der Waals surface area (Å²) >= 11 is 1.36. The Morgan fingerprint density at radius 2 is 1.91 bits per heavy atom. The van der Waals surface area contributed by atoms with Crippen LogP contribution in [-0.2, 0) is 11.3 Å². The van der Waals surface area contributed by atoms with Gasteiger partial charge in [0.2, 0.25) is 11.7 Å². The average molecular weight is 478 g/mol. The van der Waals surface area contributed by atoms with Gasteiger partial charge in [-0.2, -0.15) is 0 Å². The molecule has 0 radical (unpaired) electrons. The Kier molecular flexibility index (Phi) is 6.28. The number of thioether (sulfide) groups is 1. The van der Waals surface area contributed by atoms with Crippen molar-refractivity contribution in [2.75, 3.05) is 19.4 Å². The Hall–Kier alpha value is -3.33. The number of para-hydroxylation sites is 2. The summed E-state index contributed by atoms with van der Waals surface area (Å²) in [6.45, 7) is 3.21. The number of hydrogen-bond acceptors (Lipinski definition) is 6. The maximum absolute atomic E-state index is 13.4. The lowest BCUT2D eigenvalue weighted by atomic mass is 10.0. The standard InChI is InChI=1S/C25H27N5O3S/c1-17-9-7-8-14-28(17)22(31)16-34-25-27-26-24-29(15-18-10-3-6-13-21(18)33-2)23(32)19-11-4-5-12-20(19)30(24)25/h3-6,10-13,17H,7-9,14-16H2,1-2H3. The fourth-order valence-electron chi connectivity index (χ4n) is 4.65. The van der Waals surface area contributed by atoms with Crippen molar-refractivity contribution in [3.8, 4) is 5.75 Å². The van der Waals surface area contributed by atoms with Gasteiger partial charge < -0.3 is 9.64 Å². The third-order valence-electron chi connectivity index (χ3n) is 6.45. The van der Waals surface area contributed by atoms with E-state index in [1.807, 2.05) is 57.8 Å². The zero-order valence-corrected chi connectivity index (χ0v) is 20.1. The number of ether oxygens (including phenoxy) is 1. The van der Waals surface area contributed by atoms with E-state index in [0.29, 0.717) is 28.6 Å². The van der Waals surface area contributed by atoms with Crippen molar-refractivity contribution in [3.05, 3.63) is 64.4 Å². The molecule has 5 rings (SSSR count).